The Bertz CT molecular complexity index is 345. The van der Waals surface area contributed by atoms with Crippen LogP contribution >= 0.6 is 0 Å². The van der Waals surface area contributed by atoms with E-state index in [-0.39, 0.29) is 23.4 Å². The standard InChI is InChI=1S/C16H28O2/c1-11-7-8-16(6,12(2)9-11)14-17-13(3)10-15(4,5)18-14/h9,12-14H,7-8,10H2,1-6H3/t12-,13+,14-,16+/m0/s1. The molecule has 2 heteroatoms. The van der Waals surface area contributed by atoms with Gasteiger partial charge in [0.1, 0.15) is 0 Å². The largest absolute Gasteiger partial charge is 0.349 e. The van der Waals surface area contributed by atoms with Crippen molar-refractivity contribution in [3.8, 4) is 0 Å². The van der Waals surface area contributed by atoms with Crippen molar-refractivity contribution in [2.45, 2.75) is 78.8 Å². The van der Waals surface area contributed by atoms with E-state index < -0.39 is 0 Å². The number of hydrogen-bond acceptors (Lipinski definition) is 2. The Balaban J connectivity index is 2.20. The van der Waals surface area contributed by atoms with E-state index in [1.165, 1.54) is 12.0 Å². The maximum Gasteiger partial charge on any atom is 0.164 e. The van der Waals surface area contributed by atoms with Crippen LogP contribution in [0.2, 0.25) is 0 Å². The molecular formula is C16H28O2. The summed E-state index contributed by atoms with van der Waals surface area (Å²) in [6, 6.07) is 0. The Morgan fingerprint density at radius 3 is 2.44 bits per heavy atom. The average molecular weight is 252 g/mol. The predicted octanol–water partition coefficient (Wildman–Crippen LogP) is 4.30. The average Bonchev–Trinajstić information content (AvgIpc) is 2.21. The first-order valence-electron chi connectivity index (χ1n) is 7.23. The molecule has 0 aromatic rings. The van der Waals surface area contributed by atoms with Gasteiger partial charge < -0.3 is 9.47 Å². The molecule has 0 spiro atoms. The molecule has 0 N–H and O–H groups in total. The van der Waals surface area contributed by atoms with Crippen LogP contribution in [-0.2, 0) is 9.47 Å². The fourth-order valence-electron chi connectivity index (χ4n) is 3.33. The third kappa shape index (κ3) is 2.65. The highest BCUT2D eigenvalue weighted by Crippen LogP contribution is 2.47. The number of rotatable bonds is 1. The normalized spacial score (nSPS) is 44.6. The summed E-state index contributed by atoms with van der Waals surface area (Å²) in [5, 5.41) is 0. The molecule has 18 heavy (non-hydrogen) atoms. The van der Waals surface area contributed by atoms with Gasteiger partial charge in [0.15, 0.2) is 6.29 Å². The quantitative estimate of drug-likeness (QED) is 0.648. The van der Waals surface area contributed by atoms with Crippen molar-refractivity contribution >= 4 is 0 Å². The fraction of sp³-hybridized carbons (Fsp3) is 0.875. The molecule has 1 saturated heterocycles. The number of allylic oxidation sites excluding steroid dienone is 2. The molecule has 0 unspecified atom stereocenters. The van der Waals surface area contributed by atoms with Crippen molar-refractivity contribution in [2.24, 2.45) is 11.3 Å². The van der Waals surface area contributed by atoms with Crippen molar-refractivity contribution in [3.63, 3.8) is 0 Å². The third-order valence-electron chi connectivity index (χ3n) is 4.73. The van der Waals surface area contributed by atoms with Crippen LogP contribution in [0.25, 0.3) is 0 Å². The zero-order valence-electron chi connectivity index (χ0n) is 12.7. The Hall–Kier alpha value is -0.340. The summed E-state index contributed by atoms with van der Waals surface area (Å²) in [6.07, 6.45) is 5.90. The highest BCUT2D eigenvalue weighted by Gasteiger charge is 2.47. The lowest BCUT2D eigenvalue weighted by molar-refractivity contribution is -0.314. The van der Waals surface area contributed by atoms with E-state index in [0.717, 1.165) is 12.8 Å². The minimum atomic E-state index is -0.0735. The first-order valence-corrected chi connectivity index (χ1v) is 7.23. The highest BCUT2D eigenvalue weighted by molar-refractivity contribution is 5.11. The minimum absolute atomic E-state index is 0.0682. The van der Waals surface area contributed by atoms with Crippen LogP contribution in [0.1, 0.15) is 60.8 Å². The molecule has 104 valence electrons. The van der Waals surface area contributed by atoms with Gasteiger partial charge in [-0.15, -0.1) is 0 Å². The zero-order valence-corrected chi connectivity index (χ0v) is 12.7. The van der Waals surface area contributed by atoms with E-state index in [0.29, 0.717) is 5.92 Å². The predicted molar refractivity (Wildman–Crippen MR) is 74.4 cm³/mol. The zero-order chi connectivity index (χ0) is 13.6. The van der Waals surface area contributed by atoms with Crippen molar-refractivity contribution < 1.29 is 9.47 Å². The fourth-order valence-corrected chi connectivity index (χ4v) is 3.33. The van der Waals surface area contributed by atoms with Crippen molar-refractivity contribution in [3.05, 3.63) is 11.6 Å². The summed E-state index contributed by atoms with van der Waals surface area (Å²) in [7, 11) is 0. The summed E-state index contributed by atoms with van der Waals surface area (Å²) < 4.78 is 12.4. The lowest BCUT2D eigenvalue weighted by Gasteiger charge is -2.50. The van der Waals surface area contributed by atoms with Crippen LogP contribution in [0.3, 0.4) is 0 Å². The Morgan fingerprint density at radius 2 is 1.89 bits per heavy atom. The molecule has 1 aliphatic heterocycles. The van der Waals surface area contributed by atoms with Crippen LogP contribution in [0, 0.1) is 11.3 Å². The molecule has 0 radical (unpaired) electrons. The molecule has 2 nitrogen and oxygen atoms in total. The van der Waals surface area contributed by atoms with Gasteiger partial charge in [0, 0.05) is 11.8 Å². The molecule has 4 atom stereocenters. The minimum Gasteiger partial charge on any atom is -0.349 e. The molecule has 0 bridgehead atoms. The number of ether oxygens (including phenoxy) is 2. The summed E-state index contributed by atoms with van der Waals surface area (Å²) >= 11 is 0. The lowest BCUT2D eigenvalue weighted by atomic mass is 9.69. The second-order valence-electron chi connectivity index (χ2n) is 7.17. The smallest absolute Gasteiger partial charge is 0.164 e. The van der Waals surface area contributed by atoms with Crippen LogP contribution in [0.5, 0.6) is 0 Å². The molecule has 1 aliphatic carbocycles. The molecule has 2 aliphatic rings. The van der Waals surface area contributed by atoms with Gasteiger partial charge in [-0.25, -0.2) is 0 Å². The maximum absolute atomic E-state index is 6.24. The molecule has 1 heterocycles. The van der Waals surface area contributed by atoms with Gasteiger partial charge in [0.2, 0.25) is 0 Å². The maximum atomic E-state index is 6.24. The Labute approximate surface area is 112 Å². The van der Waals surface area contributed by atoms with Crippen molar-refractivity contribution in [2.75, 3.05) is 0 Å². The lowest BCUT2D eigenvalue weighted by Crippen LogP contribution is -2.52. The molecule has 0 aromatic carbocycles. The van der Waals surface area contributed by atoms with Gasteiger partial charge >= 0.3 is 0 Å². The molecular weight excluding hydrogens is 224 g/mol. The van der Waals surface area contributed by atoms with E-state index in [2.05, 4.69) is 47.6 Å². The van der Waals surface area contributed by atoms with Gasteiger partial charge in [-0.05, 0) is 46.5 Å². The number of hydrogen-bond donors (Lipinski definition) is 0. The summed E-state index contributed by atoms with van der Waals surface area (Å²) in [4.78, 5) is 0. The van der Waals surface area contributed by atoms with Crippen LogP contribution in [-0.4, -0.2) is 18.0 Å². The Kier molecular flexibility index (Phi) is 3.63. The Morgan fingerprint density at radius 1 is 1.22 bits per heavy atom. The van der Waals surface area contributed by atoms with Gasteiger partial charge in [0.25, 0.3) is 0 Å². The molecule has 1 fully saturated rings. The van der Waals surface area contributed by atoms with E-state index in [1.54, 1.807) is 0 Å². The van der Waals surface area contributed by atoms with Crippen LogP contribution in [0.15, 0.2) is 11.6 Å². The van der Waals surface area contributed by atoms with Gasteiger partial charge in [-0.2, -0.15) is 0 Å². The topological polar surface area (TPSA) is 18.5 Å². The summed E-state index contributed by atoms with van der Waals surface area (Å²) in [6.45, 7) is 13.4. The van der Waals surface area contributed by atoms with E-state index >= 15 is 0 Å². The molecule has 2 rings (SSSR count). The van der Waals surface area contributed by atoms with Gasteiger partial charge in [-0.3, -0.25) is 0 Å². The van der Waals surface area contributed by atoms with Crippen molar-refractivity contribution in [1.82, 2.24) is 0 Å². The second-order valence-corrected chi connectivity index (χ2v) is 7.17. The summed E-state index contributed by atoms with van der Waals surface area (Å²) in [5.41, 5.74) is 1.54. The molecule has 0 amide bonds. The van der Waals surface area contributed by atoms with E-state index in [1.807, 2.05) is 0 Å². The monoisotopic (exact) mass is 252 g/mol. The summed E-state index contributed by atoms with van der Waals surface area (Å²) in [5.74, 6) is 0.511. The second kappa shape index (κ2) is 4.64. The van der Waals surface area contributed by atoms with Crippen LogP contribution < -0.4 is 0 Å². The third-order valence-corrected chi connectivity index (χ3v) is 4.73. The van der Waals surface area contributed by atoms with Crippen LogP contribution in [0.4, 0.5) is 0 Å². The SMILES string of the molecule is CC1=C[C@H](C)[C@](C)([C@H]2O[C@H](C)CC(C)(C)O2)CC1. The first kappa shape index (κ1) is 14.1. The van der Waals surface area contributed by atoms with Gasteiger partial charge in [0.05, 0.1) is 11.7 Å². The van der Waals surface area contributed by atoms with E-state index in [9.17, 15) is 0 Å². The van der Waals surface area contributed by atoms with E-state index in [4.69, 9.17) is 9.47 Å². The molecule has 0 aromatic heterocycles. The van der Waals surface area contributed by atoms with Crippen molar-refractivity contribution in [1.29, 1.82) is 0 Å². The first-order chi connectivity index (χ1) is 8.23. The van der Waals surface area contributed by atoms with Gasteiger partial charge in [-0.1, -0.05) is 25.5 Å². The highest BCUT2D eigenvalue weighted by atomic mass is 16.7. The molecule has 0 saturated carbocycles.